The summed E-state index contributed by atoms with van der Waals surface area (Å²) in [6.07, 6.45) is 3.09. The molecule has 4 nitrogen and oxygen atoms in total. The molecule has 0 aromatic rings. The second-order valence-corrected chi connectivity index (χ2v) is 5.27. The Balaban J connectivity index is 3.72. The molecule has 0 radical (unpaired) electrons. The Kier molecular flexibility index (Phi) is 6.60. The Morgan fingerprint density at radius 1 is 1.44 bits per heavy atom. The second kappa shape index (κ2) is 6.86. The number of nitrogens with two attached hydrogens (primary N) is 1. The molecular weight excluding hydrogens is 202 g/mol. The number of likely N-dealkylation sites (N-methyl/N-ethyl adjacent to an activating group) is 1. The van der Waals surface area contributed by atoms with Crippen molar-refractivity contribution in [3.8, 4) is 0 Å². The van der Waals surface area contributed by atoms with E-state index in [4.69, 9.17) is 16.2 Å². The molecule has 0 aliphatic rings. The Labute approximate surface area is 99.3 Å². The van der Waals surface area contributed by atoms with Crippen LogP contribution < -0.4 is 5.73 Å². The minimum Gasteiger partial charge on any atom is -0.395 e. The molecule has 1 atom stereocenters. The quantitative estimate of drug-likeness (QED) is 0.335. The molecule has 0 aliphatic carbocycles. The van der Waals surface area contributed by atoms with E-state index in [9.17, 15) is 0 Å². The molecule has 4 N–H and O–H groups in total. The summed E-state index contributed by atoms with van der Waals surface area (Å²) in [6, 6.07) is 0.223. The van der Waals surface area contributed by atoms with Gasteiger partial charge in [0.05, 0.1) is 12.4 Å². The number of nitrogens with zero attached hydrogens (tertiary/aromatic N) is 1. The molecule has 0 fully saturated rings. The van der Waals surface area contributed by atoms with Crippen LogP contribution in [-0.2, 0) is 0 Å². The van der Waals surface area contributed by atoms with Gasteiger partial charge in [-0.05, 0) is 33.4 Å². The zero-order chi connectivity index (χ0) is 12.8. The van der Waals surface area contributed by atoms with Gasteiger partial charge in [0.1, 0.15) is 0 Å². The van der Waals surface area contributed by atoms with Crippen LogP contribution in [0.3, 0.4) is 0 Å². The molecule has 0 spiro atoms. The Morgan fingerprint density at radius 3 is 2.44 bits per heavy atom. The summed E-state index contributed by atoms with van der Waals surface area (Å²) in [4.78, 5) is 2.15. The number of hydrogen-bond acceptors (Lipinski definition) is 3. The van der Waals surface area contributed by atoms with E-state index in [1.54, 1.807) is 0 Å². The SMILES string of the molecule is CC(CO)N(C)CCCCC(C)(C)C(=N)N. The third-order valence-corrected chi connectivity index (χ3v) is 3.31. The monoisotopic (exact) mass is 229 g/mol. The molecular formula is C12H27N3O. The first-order chi connectivity index (χ1) is 7.31. The van der Waals surface area contributed by atoms with Crippen LogP contribution in [-0.4, -0.2) is 42.1 Å². The van der Waals surface area contributed by atoms with Crippen molar-refractivity contribution in [1.29, 1.82) is 5.41 Å². The van der Waals surface area contributed by atoms with Crippen molar-refractivity contribution >= 4 is 5.84 Å². The first-order valence-electron chi connectivity index (χ1n) is 5.97. The van der Waals surface area contributed by atoms with Gasteiger partial charge in [0.2, 0.25) is 0 Å². The van der Waals surface area contributed by atoms with Crippen LogP contribution in [0.4, 0.5) is 0 Å². The highest BCUT2D eigenvalue weighted by Crippen LogP contribution is 2.22. The van der Waals surface area contributed by atoms with Crippen molar-refractivity contribution in [3.05, 3.63) is 0 Å². The third kappa shape index (κ3) is 5.47. The number of aliphatic hydroxyl groups excluding tert-OH is 1. The third-order valence-electron chi connectivity index (χ3n) is 3.31. The van der Waals surface area contributed by atoms with Crippen LogP contribution in [0, 0.1) is 10.8 Å². The number of rotatable bonds is 8. The summed E-state index contributed by atoms with van der Waals surface area (Å²) in [5.41, 5.74) is 5.34. The number of amidine groups is 1. The maximum absolute atomic E-state index is 8.98. The van der Waals surface area contributed by atoms with E-state index in [1.807, 2.05) is 27.8 Å². The molecule has 0 aromatic heterocycles. The lowest BCUT2D eigenvalue weighted by Gasteiger charge is -2.25. The van der Waals surface area contributed by atoms with E-state index in [0.29, 0.717) is 0 Å². The molecule has 16 heavy (non-hydrogen) atoms. The van der Waals surface area contributed by atoms with Crippen molar-refractivity contribution in [2.45, 2.75) is 46.1 Å². The maximum Gasteiger partial charge on any atom is 0.0963 e. The lowest BCUT2D eigenvalue weighted by atomic mass is 9.86. The van der Waals surface area contributed by atoms with Crippen LogP contribution in [0.5, 0.6) is 0 Å². The predicted octanol–water partition coefficient (Wildman–Crippen LogP) is 1.43. The normalized spacial score (nSPS) is 14.1. The average Bonchev–Trinajstić information content (AvgIpc) is 2.22. The second-order valence-electron chi connectivity index (χ2n) is 5.27. The van der Waals surface area contributed by atoms with Crippen LogP contribution in [0.15, 0.2) is 0 Å². The van der Waals surface area contributed by atoms with Crippen molar-refractivity contribution in [2.24, 2.45) is 11.1 Å². The lowest BCUT2D eigenvalue weighted by Crippen LogP contribution is -2.33. The van der Waals surface area contributed by atoms with Gasteiger partial charge in [0, 0.05) is 11.5 Å². The van der Waals surface area contributed by atoms with Crippen molar-refractivity contribution in [1.82, 2.24) is 4.90 Å². The van der Waals surface area contributed by atoms with E-state index < -0.39 is 0 Å². The van der Waals surface area contributed by atoms with Crippen molar-refractivity contribution < 1.29 is 5.11 Å². The smallest absolute Gasteiger partial charge is 0.0963 e. The minimum atomic E-state index is -0.179. The summed E-state index contributed by atoms with van der Waals surface area (Å²) in [6.45, 7) is 7.22. The molecule has 0 aromatic carbocycles. The molecule has 0 rings (SSSR count). The molecule has 0 saturated heterocycles. The molecule has 0 amide bonds. The fourth-order valence-corrected chi connectivity index (χ4v) is 1.42. The van der Waals surface area contributed by atoms with Crippen molar-refractivity contribution in [3.63, 3.8) is 0 Å². The van der Waals surface area contributed by atoms with Crippen LogP contribution >= 0.6 is 0 Å². The van der Waals surface area contributed by atoms with Gasteiger partial charge in [-0.1, -0.05) is 20.3 Å². The first kappa shape index (κ1) is 15.4. The number of unbranched alkanes of at least 4 members (excludes halogenated alkanes) is 1. The average molecular weight is 229 g/mol. The standard InChI is InChI=1S/C12H27N3O/c1-10(9-16)15(4)8-6-5-7-12(2,3)11(13)14/h10,16H,5-9H2,1-4H3,(H3,13,14). The summed E-state index contributed by atoms with van der Waals surface area (Å²) in [5, 5.41) is 16.4. The molecule has 0 aliphatic heterocycles. The van der Waals surface area contributed by atoms with E-state index >= 15 is 0 Å². The lowest BCUT2D eigenvalue weighted by molar-refractivity contribution is 0.156. The molecule has 0 saturated carbocycles. The molecule has 4 heteroatoms. The van der Waals surface area contributed by atoms with Gasteiger partial charge in [-0.25, -0.2) is 0 Å². The fraction of sp³-hybridized carbons (Fsp3) is 0.917. The van der Waals surface area contributed by atoms with Crippen molar-refractivity contribution in [2.75, 3.05) is 20.2 Å². The Morgan fingerprint density at radius 2 is 2.00 bits per heavy atom. The highest BCUT2D eigenvalue weighted by atomic mass is 16.3. The summed E-state index contributed by atoms with van der Waals surface area (Å²) in [5.74, 6) is 0.268. The molecule has 1 unspecified atom stereocenters. The molecule has 96 valence electrons. The van der Waals surface area contributed by atoms with Gasteiger partial charge in [-0.15, -0.1) is 0 Å². The molecule has 0 heterocycles. The van der Waals surface area contributed by atoms with E-state index in [1.165, 1.54) is 0 Å². The van der Waals surface area contributed by atoms with Gasteiger partial charge >= 0.3 is 0 Å². The zero-order valence-electron chi connectivity index (χ0n) is 11.1. The topological polar surface area (TPSA) is 73.3 Å². The van der Waals surface area contributed by atoms with E-state index in [0.717, 1.165) is 25.8 Å². The number of aliphatic hydroxyl groups is 1. The summed E-state index contributed by atoms with van der Waals surface area (Å²) < 4.78 is 0. The van der Waals surface area contributed by atoms with E-state index in [2.05, 4.69) is 4.90 Å². The van der Waals surface area contributed by atoms with Gasteiger partial charge in [-0.3, -0.25) is 5.41 Å². The summed E-state index contributed by atoms with van der Waals surface area (Å²) >= 11 is 0. The van der Waals surface area contributed by atoms with E-state index in [-0.39, 0.29) is 23.9 Å². The van der Waals surface area contributed by atoms with Gasteiger partial charge in [-0.2, -0.15) is 0 Å². The Hall–Kier alpha value is -0.610. The van der Waals surface area contributed by atoms with Gasteiger partial charge in [0.25, 0.3) is 0 Å². The van der Waals surface area contributed by atoms with Gasteiger partial charge < -0.3 is 15.7 Å². The predicted molar refractivity (Wildman–Crippen MR) is 68.7 cm³/mol. The largest absolute Gasteiger partial charge is 0.395 e. The van der Waals surface area contributed by atoms with Crippen LogP contribution in [0.25, 0.3) is 0 Å². The Bertz CT molecular complexity index is 216. The van der Waals surface area contributed by atoms with Crippen LogP contribution in [0.2, 0.25) is 0 Å². The summed E-state index contributed by atoms with van der Waals surface area (Å²) in [7, 11) is 2.02. The minimum absolute atomic E-state index is 0.179. The fourth-order valence-electron chi connectivity index (χ4n) is 1.42. The maximum atomic E-state index is 8.98. The van der Waals surface area contributed by atoms with Gasteiger partial charge in [0.15, 0.2) is 0 Å². The highest BCUT2D eigenvalue weighted by molar-refractivity contribution is 5.82. The highest BCUT2D eigenvalue weighted by Gasteiger charge is 2.20. The van der Waals surface area contributed by atoms with Crippen LogP contribution in [0.1, 0.15) is 40.0 Å². The number of nitrogens with one attached hydrogen (secondary N) is 1. The number of hydrogen-bond donors (Lipinski definition) is 3. The first-order valence-corrected chi connectivity index (χ1v) is 5.97. The molecule has 0 bridgehead atoms. The zero-order valence-corrected chi connectivity index (χ0v) is 11.1.